The Balaban J connectivity index is 2.35. The van der Waals surface area contributed by atoms with Crippen molar-refractivity contribution in [3.8, 4) is 0 Å². The second kappa shape index (κ2) is 5.40. The zero-order chi connectivity index (χ0) is 14.0. The molecule has 0 spiro atoms. The van der Waals surface area contributed by atoms with E-state index < -0.39 is 0 Å². The number of nitrogens with zero attached hydrogens (tertiary/aromatic N) is 2. The lowest BCUT2D eigenvalue weighted by Crippen LogP contribution is -2.44. The second-order valence-corrected chi connectivity index (χ2v) is 4.83. The normalized spacial score (nSPS) is 12.8. The number of hydrogen-bond acceptors (Lipinski definition) is 3. The standard InChI is InChI=1S/C14H20N4O/c1-4-16-12(14(15)19)7-18-8-17-11-5-9(2)10(3)6-13(11)18/h5-6,8,12,16H,4,7H2,1-3H3,(H2,15,19). The van der Waals surface area contributed by atoms with E-state index in [-0.39, 0.29) is 11.9 Å². The number of carbonyl (C=O) groups is 1. The zero-order valence-electron chi connectivity index (χ0n) is 11.6. The highest BCUT2D eigenvalue weighted by molar-refractivity contribution is 5.81. The lowest BCUT2D eigenvalue weighted by Gasteiger charge is -2.15. The van der Waals surface area contributed by atoms with Crippen molar-refractivity contribution >= 4 is 16.9 Å². The molecular formula is C14H20N4O. The molecule has 0 bridgehead atoms. The number of nitrogens with two attached hydrogens (primary N) is 1. The van der Waals surface area contributed by atoms with Crippen molar-refractivity contribution < 1.29 is 4.79 Å². The molecule has 5 heteroatoms. The van der Waals surface area contributed by atoms with Gasteiger partial charge in [-0.15, -0.1) is 0 Å². The zero-order valence-corrected chi connectivity index (χ0v) is 11.6. The molecule has 19 heavy (non-hydrogen) atoms. The Morgan fingerprint density at radius 1 is 1.42 bits per heavy atom. The minimum absolute atomic E-state index is 0.340. The van der Waals surface area contributed by atoms with Gasteiger partial charge in [0.1, 0.15) is 6.04 Å². The van der Waals surface area contributed by atoms with Crippen LogP contribution in [0.15, 0.2) is 18.5 Å². The highest BCUT2D eigenvalue weighted by atomic mass is 16.1. The summed E-state index contributed by atoms with van der Waals surface area (Å²) >= 11 is 0. The fourth-order valence-corrected chi connectivity index (χ4v) is 2.16. The number of hydrogen-bond donors (Lipinski definition) is 2. The summed E-state index contributed by atoms with van der Waals surface area (Å²) in [4.78, 5) is 15.8. The summed E-state index contributed by atoms with van der Waals surface area (Å²) in [5.41, 5.74) is 9.82. The Morgan fingerprint density at radius 3 is 2.74 bits per heavy atom. The number of aryl methyl sites for hydroxylation is 2. The summed E-state index contributed by atoms with van der Waals surface area (Å²) in [6.45, 7) is 7.30. The first kappa shape index (κ1) is 13.5. The topological polar surface area (TPSA) is 72.9 Å². The molecule has 0 fully saturated rings. The van der Waals surface area contributed by atoms with Gasteiger partial charge in [0.15, 0.2) is 0 Å². The van der Waals surface area contributed by atoms with Crippen LogP contribution >= 0.6 is 0 Å². The third-order valence-electron chi connectivity index (χ3n) is 3.41. The van der Waals surface area contributed by atoms with Gasteiger partial charge in [0.05, 0.1) is 17.4 Å². The molecule has 1 atom stereocenters. The Morgan fingerprint density at radius 2 is 2.11 bits per heavy atom. The van der Waals surface area contributed by atoms with Crippen molar-refractivity contribution in [2.75, 3.05) is 6.54 Å². The maximum absolute atomic E-state index is 11.4. The monoisotopic (exact) mass is 260 g/mol. The van der Waals surface area contributed by atoms with Gasteiger partial charge in [-0.25, -0.2) is 4.98 Å². The summed E-state index contributed by atoms with van der Waals surface area (Å²) in [5.74, 6) is -0.340. The van der Waals surface area contributed by atoms with E-state index in [0.29, 0.717) is 13.1 Å². The van der Waals surface area contributed by atoms with Gasteiger partial charge in [0.25, 0.3) is 0 Å². The van der Waals surface area contributed by atoms with E-state index in [2.05, 4.69) is 36.3 Å². The first-order valence-corrected chi connectivity index (χ1v) is 6.47. The number of primary amides is 1. The van der Waals surface area contributed by atoms with Crippen LogP contribution in [0.2, 0.25) is 0 Å². The molecule has 0 aliphatic heterocycles. The maximum atomic E-state index is 11.4. The van der Waals surface area contributed by atoms with E-state index >= 15 is 0 Å². The number of amides is 1. The van der Waals surface area contributed by atoms with Crippen molar-refractivity contribution in [1.29, 1.82) is 0 Å². The van der Waals surface area contributed by atoms with Gasteiger partial charge in [-0.3, -0.25) is 4.79 Å². The second-order valence-electron chi connectivity index (χ2n) is 4.83. The number of nitrogens with one attached hydrogen (secondary N) is 1. The Kier molecular flexibility index (Phi) is 3.85. The van der Waals surface area contributed by atoms with E-state index in [4.69, 9.17) is 5.73 Å². The maximum Gasteiger partial charge on any atom is 0.236 e. The largest absolute Gasteiger partial charge is 0.368 e. The van der Waals surface area contributed by atoms with E-state index in [1.807, 2.05) is 11.5 Å². The minimum atomic E-state index is -0.371. The van der Waals surface area contributed by atoms with Crippen LogP contribution < -0.4 is 11.1 Å². The molecule has 0 saturated carbocycles. The van der Waals surface area contributed by atoms with Crippen LogP contribution in [0.5, 0.6) is 0 Å². The molecule has 2 rings (SSSR count). The predicted molar refractivity (Wildman–Crippen MR) is 75.9 cm³/mol. The molecule has 1 heterocycles. The lowest BCUT2D eigenvalue weighted by atomic mass is 10.1. The molecule has 1 unspecified atom stereocenters. The van der Waals surface area contributed by atoms with Crippen molar-refractivity contribution in [2.45, 2.75) is 33.4 Å². The number of carbonyl (C=O) groups excluding carboxylic acids is 1. The van der Waals surface area contributed by atoms with Crippen LogP contribution in [-0.2, 0) is 11.3 Å². The first-order chi connectivity index (χ1) is 9.02. The van der Waals surface area contributed by atoms with Crippen molar-refractivity contribution in [1.82, 2.24) is 14.9 Å². The van der Waals surface area contributed by atoms with Crippen molar-refractivity contribution in [3.63, 3.8) is 0 Å². The van der Waals surface area contributed by atoms with Gasteiger partial charge in [-0.1, -0.05) is 6.92 Å². The molecule has 1 aromatic carbocycles. The summed E-state index contributed by atoms with van der Waals surface area (Å²) in [6, 6.07) is 3.79. The average Bonchev–Trinajstić information content (AvgIpc) is 2.72. The number of aromatic nitrogens is 2. The summed E-state index contributed by atoms with van der Waals surface area (Å²) in [7, 11) is 0. The van der Waals surface area contributed by atoms with Crippen LogP contribution in [0.1, 0.15) is 18.1 Å². The van der Waals surface area contributed by atoms with E-state index in [1.54, 1.807) is 6.33 Å². The molecule has 1 amide bonds. The Labute approximate surface area is 112 Å². The minimum Gasteiger partial charge on any atom is -0.368 e. The molecule has 5 nitrogen and oxygen atoms in total. The number of fused-ring (bicyclic) bond motifs is 1. The van der Waals surface area contributed by atoms with Crippen LogP contribution in [0.25, 0.3) is 11.0 Å². The average molecular weight is 260 g/mol. The smallest absolute Gasteiger partial charge is 0.236 e. The SMILES string of the molecule is CCNC(Cn1cnc2cc(C)c(C)cc21)C(N)=O. The molecule has 3 N–H and O–H groups in total. The van der Waals surface area contributed by atoms with Crippen molar-refractivity contribution in [2.24, 2.45) is 5.73 Å². The van der Waals surface area contributed by atoms with Crippen LogP contribution in [0, 0.1) is 13.8 Å². The van der Waals surface area contributed by atoms with Crippen molar-refractivity contribution in [3.05, 3.63) is 29.6 Å². The molecule has 0 radical (unpaired) electrons. The molecule has 0 saturated heterocycles. The predicted octanol–water partition coefficient (Wildman–Crippen LogP) is 1.12. The third kappa shape index (κ3) is 2.76. The summed E-state index contributed by atoms with van der Waals surface area (Å²) < 4.78 is 1.97. The summed E-state index contributed by atoms with van der Waals surface area (Å²) in [5, 5.41) is 3.09. The lowest BCUT2D eigenvalue weighted by molar-refractivity contribution is -0.120. The number of benzene rings is 1. The van der Waals surface area contributed by atoms with Gasteiger partial charge in [-0.05, 0) is 43.7 Å². The fourth-order valence-electron chi connectivity index (χ4n) is 2.16. The molecule has 1 aromatic heterocycles. The van der Waals surface area contributed by atoms with Crippen LogP contribution in [0.3, 0.4) is 0 Å². The van der Waals surface area contributed by atoms with Crippen LogP contribution in [-0.4, -0.2) is 28.0 Å². The Bertz CT molecular complexity index is 603. The van der Waals surface area contributed by atoms with E-state index in [9.17, 15) is 4.79 Å². The first-order valence-electron chi connectivity index (χ1n) is 6.47. The molecule has 0 aliphatic rings. The number of likely N-dealkylation sites (N-methyl/N-ethyl adjacent to an activating group) is 1. The summed E-state index contributed by atoms with van der Waals surface area (Å²) in [6.07, 6.45) is 1.76. The van der Waals surface area contributed by atoms with Gasteiger partial charge in [-0.2, -0.15) is 0 Å². The van der Waals surface area contributed by atoms with E-state index in [0.717, 1.165) is 11.0 Å². The molecular weight excluding hydrogens is 240 g/mol. The van der Waals surface area contributed by atoms with Gasteiger partial charge in [0.2, 0.25) is 5.91 Å². The fraction of sp³-hybridized carbons (Fsp3) is 0.429. The molecule has 2 aromatic rings. The van der Waals surface area contributed by atoms with Crippen LogP contribution in [0.4, 0.5) is 0 Å². The highest BCUT2D eigenvalue weighted by Crippen LogP contribution is 2.18. The third-order valence-corrected chi connectivity index (χ3v) is 3.41. The van der Waals surface area contributed by atoms with Gasteiger partial charge < -0.3 is 15.6 Å². The molecule has 0 aliphatic carbocycles. The highest BCUT2D eigenvalue weighted by Gasteiger charge is 2.16. The van der Waals surface area contributed by atoms with E-state index in [1.165, 1.54) is 11.1 Å². The Hall–Kier alpha value is -1.88. The quantitative estimate of drug-likeness (QED) is 0.846. The number of imidazole rings is 1. The van der Waals surface area contributed by atoms with Gasteiger partial charge in [0, 0.05) is 6.54 Å². The van der Waals surface area contributed by atoms with Gasteiger partial charge >= 0.3 is 0 Å². The molecule has 102 valence electrons. The number of rotatable bonds is 5.